The first-order chi connectivity index (χ1) is 20.6. The molecule has 1 rings (SSSR count). The van der Waals surface area contributed by atoms with E-state index < -0.39 is 59.8 Å². The third-order valence-corrected chi connectivity index (χ3v) is 7.94. The van der Waals surface area contributed by atoms with Gasteiger partial charge < -0.3 is 34.3 Å². The van der Waals surface area contributed by atoms with Crippen LogP contribution in [-0.2, 0) is 38.3 Å². The van der Waals surface area contributed by atoms with Crippen molar-refractivity contribution in [3.8, 4) is 0 Å². The molecule has 12 nitrogen and oxygen atoms in total. The normalized spacial score (nSPS) is 23.3. The average molecular weight is 643 g/mol. The van der Waals surface area contributed by atoms with Gasteiger partial charge in [-0.05, 0) is 12.8 Å². The molecular weight excluding hydrogens is 584 g/mol. The molecule has 43 heavy (non-hydrogen) atoms. The first-order valence-corrected chi connectivity index (χ1v) is 17.7. The quantitative estimate of drug-likeness (QED) is 0.0570. The second-order valence-corrected chi connectivity index (χ2v) is 12.5. The number of ether oxygens (including phenoxy) is 4. The van der Waals surface area contributed by atoms with Crippen LogP contribution in [0, 0.1) is 0 Å². The van der Waals surface area contributed by atoms with E-state index in [0.717, 1.165) is 38.5 Å². The number of hydrogen-bond acceptors (Lipinski definition) is 11. The molecule has 0 saturated carbocycles. The lowest BCUT2D eigenvalue weighted by atomic mass is 9.99. The van der Waals surface area contributed by atoms with Crippen molar-refractivity contribution in [3.63, 3.8) is 0 Å². The SMILES string of the molecule is CCCCCCCCCCCCCCOCC(COC1OC(CO)C(O)C(OS(=O)(=O)O)C1O)OC(=O)CCCCCC. The molecule has 0 aromatic carbocycles. The smallest absolute Gasteiger partial charge is 0.397 e. The van der Waals surface area contributed by atoms with Crippen LogP contribution < -0.4 is 0 Å². The largest absolute Gasteiger partial charge is 0.457 e. The Morgan fingerprint density at radius 3 is 1.86 bits per heavy atom. The van der Waals surface area contributed by atoms with Crippen molar-refractivity contribution < 1.29 is 56.2 Å². The Morgan fingerprint density at radius 1 is 0.791 bits per heavy atom. The Kier molecular flexibility index (Phi) is 22.7. The van der Waals surface area contributed by atoms with Crippen LogP contribution in [-0.4, -0.2) is 97.5 Å². The van der Waals surface area contributed by atoms with Gasteiger partial charge in [0.05, 0.1) is 19.8 Å². The molecule has 6 unspecified atom stereocenters. The number of rotatable bonds is 27. The minimum absolute atomic E-state index is 0.0402. The van der Waals surface area contributed by atoms with Crippen molar-refractivity contribution in [3.05, 3.63) is 0 Å². The van der Waals surface area contributed by atoms with Crippen LogP contribution in [0.1, 0.15) is 123 Å². The van der Waals surface area contributed by atoms with E-state index in [9.17, 15) is 28.5 Å². The maximum atomic E-state index is 12.4. The lowest BCUT2D eigenvalue weighted by molar-refractivity contribution is -0.301. The van der Waals surface area contributed by atoms with Crippen LogP contribution >= 0.6 is 0 Å². The Balaban J connectivity index is 2.50. The number of carbonyl (C=O) groups excluding carboxylic acids is 1. The summed E-state index contributed by atoms with van der Waals surface area (Å²) in [6, 6.07) is 0. The minimum Gasteiger partial charge on any atom is -0.457 e. The van der Waals surface area contributed by atoms with Crippen LogP contribution in [0.2, 0.25) is 0 Å². The van der Waals surface area contributed by atoms with Crippen molar-refractivity contribution in [1.82, 2.24) is 0 Å². The van der Waals surface area contributed by atoms with E-state index in [1.807, 2.05) is 0 Å². The van der Waals surface area contributed by atoms with E-state index in [-0.39, 0.29) is 19.6 Å². The molecule has 1 heterocycles. The number of aliphatic hydroxyl groups is 3. The Labute approximate surface area is 258 Å². The number of esters is 1. The molecule has 1 aliphatic heterocycles. The highest BCUT2D eigenvalue weighted by atomic mass is 32.3. The number of aliphatic hydroxyl groups excluding tert-OH is 3. The van der Waals surface area contributed by atoms with E-state index in [1.165, 1.54) is 57.8 Å². The molecule has 0 aromatic heterocycles. The first kappa shape index (κ1) is 40.1. The van der Waals surface area contributed by atoms with Gasteiger partial charge in [0, 0.05) is 13.0 Å². The number of carbonyl (C=O) groups is 1. The first-order valence-electron chi connectivity index (χ1n) is 16.3. The molecule has 1 aliphatic rings. The molecule has 1 saturated heterocycles. The summed E-state index contributed by atoms with van der Waals surface area (Å²) < 4.78 is 58.2. The second kappa shape index (κ2) is 24.3. The molecule has 0 bridgehead atoms. The monoisotopic (exact) mass is 642 g/mol. The Hall–Kier alpha value is -0.900. The summed E-state index contributed by atoms with van der Waals surface area (Å²) in [5.74, 6) is -0.417. The van der Waals surface area contributed by atoms with Crippen LogP contribution in [0.25, 0.3) is 0 Å². The van der Waals surface area contributed by atoms with Gasteiger partial charge >= 0.3 is 16.4 Å². The zero-order valence-corrected chi connectivity index (χ0v) is 27.1. The van der Waals surface area contributed by atoms with Gasteiger partial charge in [-0.2, -0.15) is 8.42 Å². The predicted molar refractivity (Wildman–Crippen MR) is 161 cm³/mol. The fraction of sp³-hybridized carbons (Fsp3) is 0.967. The third-order valence-electron chi connectivity index (χ3n) is 7.48. The molecule has 0 aliphatic carbocycles. The maximum absolute atomic E-state index is 12.4. The molecule has 0 spiro atoms. The van der Waals surface area contributed by atoms with Gasteiger partial charge in [0.2, 0.25) is 0 Å². The molecule has 1 fully saturated rings. The van der Waals surface area contributed by atoms with Crippen LogP contribution in [0.3, 0.4) is 0 Å². The summed E-state index contributed by atoms with van der Waals surface area (Å²) in [7, 11) is -5.04. The predicted octanol–water partition coefficient (Wildman–Crippen LogP) is 4.23. The topological polar surface area (TPSA) is 178 Å². The molecule has 4 N–H and O–H groups in total. The maximum Gasteiger partial charge on any atom is 0.397 e. The highest BCUT2D eigenvalue weighted by Gasteiger charge is 2.48. The van der Waals surface area contributed by atoms with Crippen LogP contribution in [0.5, 0.6) is 0 Å². The number of unbranched alkanes of at least 4 members (excludes halogenated alkanes) is 14. The van der Waals surface area contributed by atoms with Gasteiger partial charge in [0.1, 0.15) is 30.5 Å². The van der Waals surface area contributed by atoms with Crippen molar-refractivity contribution in [1.29, 1.82) is 0 Å². The van der Waals surface area contributed by atoms with E-state index in [4.69, 9.17) is 23.5 Å². The van der Waals surface area contributed by atoms with E-state index in [2.05, 4.69) is 18.0 Å². The van der Waals surface area contributed by atoms with Crippen molar-refractivity contribution in [2.45, 2.75) is 160 Å². The lowest BCUT2D eigenvalue weighted by Gasteiger charge is -2.41. The van der Waals surface area contributed by atoms with Crippen molar-refractivity contribution in [2.75, 3.05) is 26.4 Å². The fourth-order valence-corrected chi connectivity index (χ4v) is 5.47. The minimum atomic E-state index is -5.04. The molecule has 13 heteroatoms. The highest BCUT2D eigenvalue weighted by molar-refractivity contribution is 7.80. The third kappa shape index (κ3) is 19.3. The fourth-order valence-electron chi connectivity index (χ4n) is 4.96. The zero-order chi connectivity index (χ0) is 31.9. The molecule has 0 amide bonds. The van der Waals surface area contributed by atoms with Gasteiger partial charge in [0.15, 0.2) is 6.29 Å². The van der Waals surface area contributed by atoms with Gasteiger partial charge in [-0.25, -0.2) is 4.18 Å². The number of hydrogen-bond donors (Lipinski definition) is 4. The molecule has 6 atom stereocenters. The van der Waals surface area contributed by atoms with Crippen LogP contribution in [0.4, 0.5) is 0 Å². The summed E-state index contributed by atoms with van der Waals surface area (Å²) in [5, 5.41) is 30.2. The summed E-state index contributed by atoms with van der Waals surface area (Å²) >= 11 is 0. The molecule has 0 radical (unpaired) electrons. The van der Waals surface area contributed by atoms with E-state index >= 15 is 0 Å². The summed E-state index contributed by atoms with van der Waals surface area (Å²) in [5.41, 5.74) is 0. The molecule has 256 valence electrons. The average Bonchev–Trinajstić information content (AvgIpc) is 2.96. The van der Waals surface area contributed by atoms with Gasteiger partial charge in [-0.15, -0.1) is 0 Å². The van der Waals surface area contributed by atoms with Crippen LogP contribution in [0.15, 0.2) is 0 Å². The van der Waals surface area contributed by atoms with Gasteiger partial charge in [-0.3, -0.25) is 9.35 Å². The Bertz CT molecular complexity index is 796. The van der Waals surface area contributed by atoms with Crippen molar-refractivity contribution in [2.24, 2.45) is 0 Å². The zero-order valence-electron chi connectivity index (χ0n) is 26.3. The van der Waals surface area contributed by atoms with E-state index in [1.54, 1.807) is 0 Å². The van der Waals surface area contributed by atoms with Gasteiger partial charge in [-0.1, -0.05) is 104 Å². The highest BCUT2D eigenvalue weighted by Crippen LogP contribution is 2.26. The lowest BCUT2D eigenvalue weighted by Crippen LogP contribution is -2.60. The Morgan fingerprint density at radius 2 is 1.33 bits per heavy atom. The molecule has 0 aromatic rings. The summed E-state index contributed by atoms with van der Waals surface area (Å²) in [6.45, 7) is 3.82. The van der Waals surface area contributed by atoms with Crippen molar-refractivity contribution >= 4 is 16.4 Å². The second-order valence-electron chi connectivity index (χ2n) is 11.4. The summed E-state index contributed by atoms with van der Waals surface area (Å²) in [4.78, 5) is 12.4. The molecular formula is C30H58O12S. The van der Waals surface area contributed by atoms with E-state index in [0.29, 0.717) is 13.0 Å². The standard InChI is InChI=1S/C30H58O12S/c1-3-5-7-9-10-11-12-13-14-15-16-18-20-38-22-24(40-26(32)19-17-8-6-4-2)23-39-30-28(34)29(42-43(35,36)37)27(33)25(21-31)41-30/h24-25,27-31,33-34H,3-23H2,1-2H3,(H,35,36,37). The summed E-state index contributed by atoms with van der Waals surface area (Å²) in [6.07, 6.45) is 9.40. The van der Waals surface area contributed by atoms with Gasteiger partial charge in [0.25, 0.3) is 0 Å².